The third kappa shape index (κ3) is 5.26. The van der Waals surface area contributed by atoms with Gasteiger partial charge >= 0.3 is 6.03 Å². The molecule has 0 atom stereocenters. The number of nitrogens with one attached hydrogen (secondary N) is 3. The number of amides is 5. The Morgan fingerprint density at radius 3 is 2.34 bits per heavy atom. The molecule has 0 bridgehead atoms. The summed E-state index contributed by atoms with van der Waals surface area (Å²) in [6.07, 6.45) is 1.31. The maximum Gasteiger partial charge on any atom is 0.328 e. The number of carbonyl (C=O) groups excluding carboxylic acids is 4. The number of imide groups is 2. The Hall–Kier alpha value is -3.53. The van der Waals surface area contributed by atoms with E-state index in [4.69, 9.17) is 4.74 Å². The summed E-state index contributed by atoms with van der Waals surface area (Å²) in [7, 11) is 0. The van der Waals surface area contributed by atoms with E-state index in [1.807, 2.05) is 10.6 Å². The van der Waals surface area contributed by atoms with Crippen LogP contribution in [0.5, 0.6) is 5.75 Å². The van der Waals surface area contributed by atoms with Gasteiger partial charge in [0, 0.05) is 5.69 Å². The first-order valence-electron chi connectivity index (χ1n) is 8.18. The maximum atomic E-state index is 12.9. The summed E-state index contributed by atoms with van der Waals surface area (Å²) in [4.78, 5) is 46.5. The molecule has 1 aliphatic heterocycles. The lowest BCUT2D eigenvalue weighted by Gasteiger charge is -2.14. The van der Waals surface area contributed by atoms with Crippen LogP contribution in [0, 0.1) is 5.82 Å². The Bertz CT molecular complexity index is 1010. The molecule has 1 saturated heterocycles. The molecule has 0 saturated carbocycles. The fourth-order valence-electron chi connectivity index (χ4n) is 2.37. The Kier molecular flexibility index (Phi) is 6.03. The minimum atomic E-state index is -0.874. The summed E-state index contributed by atoms with van der Waals surface area (Å²) < 4.78 is 18.8. The van der Waals surface area contributed by atoms with Crippen LogP contribution in [-0.4, -0.2) is 30.4 Å². The fraction of sp³-hybridized carbons (Fsp3) is 0.0526. The van der Waals surface area contributed by atoms with Crippen LogP contribution in [-0.2, 0) is 14.4 Å². The van der Waals surface area contributed by atoms with Gasteiger partial charge in [-0.2, -0.15) is 0 Å². The number of hydrogen-bond donors (Lipinski definition) is 3. The first-order chi connectivity index (χ1) is 13.8. The Morgan fingerprint density at radius 2 is 1.72 bits per heavy atom. The molecule has 1 heterocycles. The van der Waals surface area contributed by atoms with Crippen LogP contribution in [0.2, 0.25) is 0 Å². The van der Waals surface area contributed by atoms with Gasteiger partial charge in [-0.1, -0.05) is 6.07 Å². The van der Waals surface area contributed by atoms with E-state index in [9.17, 15) is 23.6 Å². The van der Waals surface area contributed by atoms with Gasteiger partial charge in [0.05, 0.1) is 4.47 Å². The lowest BCUT2D eigenvalue weighted by molar-refractivity contribution is -0.124. The number of ether oxygens (including phenoxy) is 1. The zero-order chi connectivity index (χ0) is 21.0. The minimum Gasteiger partial charge on any atom is -0.483 e. The van der Waals surface area contributed by atoms with E-state index in [1.54, 1.807) is 18.2 Å². The lowest BCUT2D eigenvalue weighted by Crippen LogP contribution is -2.51. The van der Waals surface area contributed by atoms with Gasteiger partial charge in [-0.05, 0) is 64.0 Å². The van der Waals surface area contributed by atoms with Crippen molar-refractivity contribution in [2.75, 3.05) is 11.9 Å². The lowest BCUT2D eigenvalue weighted by atomic mass is 10.1. The van der Waals surface area contributed by atoms with Gasteiger partial charge in [0.25, 0.3) is 17.7 Å². The standard InChI is InChI=1S/C19H13BrFN3O5/c20-14-8-10(7-13-17(26)23-19(28)24-18(13)27)1-6-15(14)29-9-16(25)22-12-4-2-11(21)3-5-12/h1-8H,9H2,(H,22,25)(H2,23,24,26,27,28). The molecule has 0 spiro atoms. The van der Waals surface area contributed by atoms with E-state index in [0.717, 1.165) is 0 Å². The van der Waals surface area contributed by atoms with Crippen LogP contribution >= 0.6 is 15.9 Å². The monoisotopic (exact) mass is 461 g/mol. The fourth-order valence-corrected chi connectivity index (χ4v) is 2.88. The molecule has 1 aliphatic rings. The third-order valence-electron chi connectivity index (χ3n) is 3.70. The second-order valence-electron chi connectivity index (χ2n) is 5.83. The van der Waals surface area contributed by atoms with Crippen molar-refractivity contribution in [3.63, 3.8) is 0 Å². The molecular formula is C19H13BrFN3O5. The molecule has 2 aromatic carbocycles. The Balaban J connectivity index is 1.63. The van der Waals surface area contributed by atoms with Crippen molar-refractivity contribution < 1.29 is 28.3 Å². The second-order valence-corrected chi connectivity index (χ2v) is 6.68. The van der Waals surface area contributed by atoms with Crippen LogP contribution < -0.4 is 20.7 Å². The first kappa shape index (κ1) is 20.2. The summed E-state index contributed by atoms with van der Waals surface area (Å²) in [5.41, 5.74) is 0.710. The van der Waals surface area contributed by atoms with Crippen LogP contribution in [0.4, 0.5) is 14.9 Å². The molecule has 0 aliphatic carbocycles. The molecule has 29 heavy (non-hydrogen) atoms. The van der Waals surface area contributed by atoms with Gasteiger partial charge in [0.2, 0.25) is 0 Å². The topological polar surface area (TPSA) is 114 Å². The Morgan fingerprint density at radius 1 is 1.07 bits per heavy atom. The van der Waals surface area contributed by atoms with Crippen LogP contribution in [0.3, 0.4) is 0 Å². The normalized spacial score (nSPS) is 13.4. The summed E-state index contributed by atoms with van der Waals surface area (Å²) in [5.74, 6) is -2.09. The second kappa shape index (κ2) is 8.65. The van der Waals surface area contributed by atoms with Crippen LogP contribution in [0.25, 0.3) is 6.08 Å². The van der Waals surface area contributed by atoms with Crippen molar-refractivity contribution in [1.82, 2.24) is 10.6 Å². The predicted octanol–water partition coefficient (Wildman–Crippen LogP) is 2.36. The van der Waals surface area contributed by atoms with E-state index in [2.05, 4.69) is 21.2 Å². The number of benzene rings is 2. The zero-order valence-corrected chi connectivity index (χ0v) is 16.2. The number of halogens is 2. The smallest absolute Gasteiger partial charge is 0.328 e. The van der Waals surface area contributed by atoms with E-state index in [1.165, 1.54) is 30.3 Å². The number of urea groups is 1. The van der Waals surface area contributed by atoms with Crippen molar-refractivity contribution in [1.29, 1.82) is 0 Å². The van der Waals surface area contributed by atoms with Crippen LogP contribution in [0.1, 0.15) is 5.56 Å². The molecule has 0 unspecified atom stereocenters. The molecule has 3 N–H and O–H groups in total. The van der Waals surface area contributed by atoms with Crippen molar-refractivity contribution >= 4 is 51.4 Å². The predicted molar refractivity (Wildman–Crippen MR) is 104 cm³/mol. The van der Waals surface area contributed by atoms with Crippen molar-refractivity contribution in [2.45, 2.75) is 0 Å². The molecule has 148 valence electrons. The highest BCUT2D eigenvalue weighted by Gasteiger charge is 2.27. The van der Waals surface area contributed by atoms with Gasteiger partial charge in [-0.3, -0.25) is 25.0 Å². The molecule has 0 radical (unpaired) electrons. The van der Waals surface area contributed by atoms with Crippen molar-refractivity contribution in [3.05, 3.63) is 63.9 Å². The average molecular weight is 462 g/mol. The highest BCUT2D eigenvalue weighted by atomic mass is 79.9. The van der Waals surface area contributed by atoms with E-state index in [0.29, 0.717) is 21.5 Å². The summed E-state index contributed by atoms with van der Waals surface area (Å²) in [6, 6.07) is 9.13. The summed E-state index contributed by atoms with van der Waals surface area (Å²) in [6.45, 7) is -0.288. The molecule has 5 amide bonds. The molecule has 0 aromatic heterocycles. The number of rotatable bonds is 5. The average Bonchev–Trinajstić information content (AvgIpc) is 2.66. The number of hydrogen-bond acceptors (Lipinski definition) is 5. The SMILES string of the molecule is O=C(COc1ccc(C=C2C(=O)NC(=O)NC2=O)cc1Br)Nc1ccc(F)cc1. The van der Waals surface area contributed by atoms with Crippen molar-refractivity contribution in [2.24, 2.45) is 0 Å². The number of barbiturate groups is 1. The molecular weight excluding hydrogens is 449 g/mol. The molecule has 8 nitrogen and oxygen atoms in total. The van der Waals surface area contributed by atoms with Crippen LogP contribution in [0.15, 0.2) is 52.5 Å². The Labute approximate surface area is 172 Å². The zero-order valence-electron chi connectivity index (χ0n) is 14.6. The quantitative estimate of drug-likeness (QED) is 0.467. The molecule has 1 fully saturated rings. The summed E-state index contributed by atoms with van der Waals surface area (Å²) >= 11 is 3.29. The molecule has 2 aromatic rings. The van der Waals surface area contributed by atoms with Gasteiger partial charge in [-0.15, -0.1) is 0 Å². The molecule has 3 rings (SSSR count). The van der Waals surface area contributed by atoms with Crippen molar-refractivity contribution in [3.8, 4) is 5.75 Å². The number of anilines is 1. The van der Waals surface area contributed by atoms with E-state index < -0.39 is 29.6 Å². The highest BCUT2D eigenvalue weighted by molar-refractivity contribution is 9.10. The maximum absolute atomic E-state index is 12.9. The third-order valence-corrected chi connectivity index (χ3v) is 4.32. The first-order valence-corrected chi connectivity index (χ1v) is 8.97. The van der Waals surface area contributed by atoms with E-state index in [-0.39, 0.29) is 12.2 Å². The van der Waals surface area contributed by atoms with Gasteiger partial charge < -0.3 is 10.1 Å². The summed E-state index contributed by atoms with van der Waals surface area (Å²) in [5, 5.41) is 6.53. The highest BCUT2D eigenvalue weighted by Crippen LogP contribution is 2.27. The number of carbonyl (C=O) groups is 4. The minimum absolute atomic E-state index is 0.219. The van der Waals surface area contributed by atoms with E-state index >= 15 is 0 Å². The van der Waals surface area contributed by atoms with Gasteiger partial charge in [-0.25, -0.2) is 9.18 Å². The van der Waals surface area contributed by atoms with Gasteiger partial charge in [0.15, 0.2) is 6.61 Å². The molecule has 10 heteroatoms. The van der Waals surface area contributed by atoms with Gasteiger partial charge in [0.1, 0.15) is 17.1 Å². The largest absolute Gasteiger partial charge is 0.483 e.